The van der Waals surface area contributed by atoms with Crippen LogP contribution in [0, 0.1) is 12.8 Å². The molecule has 1 amide bonds. The Balaban J connectivity index is 2.93. The molecule has 1 aromatic rings. The van der Waals surface area contributed by atoms with E-state index in [4.69, 9.17) is 17.3 Å². The zero-order valence-corrected chi connectivity index (χ0v) is 11.2. The molecule has 94 valence electrons. The SMILES string of the molecule is Cc1cc(Cl)ccc1C(NCC(C)C)C(N)=O. The molecule has 1 rings (SSSR count). The molecule has 0 saturated heterocycles. The van der Waals surface area contributed by atoms with Crippen molar-refractivity contribution >= 4 is 17.5 Å². The van der Waals surface area contributed by atoms with Crippen molar-refractivity contribution in [1.82, 2.24) is 5.32 Å². The lowest BCUT2D eigenvalue weighted by atomic mass is 10.0. The minimum atomic E-state index is -0.449. The van der Waals surface area contributed by atoms with Crippen LogP contribution < -0.4 is 11.1 Å². The molecule has 0 aliphatic rings. The van der Waals surface area contributed by atoms with Crippen LogP contribution in [0.15, 0.2) is 18.2 Å². The van der Waals surface area contributed by atoms with Gasteiger partial charge >= 0.3 is 0 Å². The summed E-state index contributed by atoms with van der Waals surface area (Å²) in [6.45, 7) is 6.84. The van der Waals surface area contributed by atoms with Crippen molar-refractivity contribution < 1.29 is 4.79 Å². The molecule has 0 heterocycles. The molecule has 0 aliphatic carbocycles. The topological polar surface area (TPSA) is 55.1 Å². The standard InChI is InChI=1S/C13H19ClN2O/c1-8(2)7-16-12(13(15)17)11-5-4-10(14)6-9(11)3/h4-6,8,12,16H,7H2,1-3H3,(H2,15,17). The third kappa shape index (κ3) is 4.02. The molecule has 3 nitrogen and oxygen atoms in total. The van der Waals surface area contributed by atoms with E-state index in [2.05, 4.69) is 19.2 Å². The van der Waals surface area contributed by atoms with Crippen molar-refractivity contribution in [1.29, 1.82) is 0 Å². The number of amides is 1. The third-order valence-corrected chi connectivity index (χ3v) is 2.79. The van der Waals surface area contributed by atoms with Crippen LogP contribution in [0.3, 0.4) is 0 Å². The van der Waals surface area contributed by atoms with Crippen molar-refractivity contribution in [2.24, 2.45) is 11.7 Å². The molecule has 1 atom stereocenters. The molecule has 1 aromatic carbocycles. The van der Waals surface area contributed by atoms with E-state index >= 15 is 0 Å². The number of carbonyl (C=O) groups excluding carboxylic acids is 1. The average Bonchev–Trinajstić information content (AvgIpc) is 2.20. The van der Waals surface area contributed by atoms with E-state index in [1.165, 1.54) is 0 Å². The van der Waals surface area contributed by atoms with Crippen molar-refractivity contribution in [3.8, 4) is 0 Å². The van der Waals surface area contributed by atoms with E-state index in [1.807, 2.05) is 19.1 Å². The molecule has 17 heavy (non-hydrogen) atoms. The number of nitrogens with two attached hydrogens (primary N) is 1. The highest BCUT2D eigenvalue weighted by atomic mass is 35.5. The molecular formula is C13H19ClN2O. The lowest BCUT2D eigenvalue weighted by Crippen LogP contribution is -2.36. The molecule has 0 aliphatic heterocycles. The van der Waals surface area contributed by atoms with Crippen LogP contribution in [-0.2, 0) is 4.79 Å². The summed E-state index contributed by atoms with van der Waals surface area (Å²) in [5.74, 6) is 0.0977. The van der Waals surface area contributed by atoms with Crippen molar-refractivity contribution in [3.63, 3.8) is 0 Å². The Morgan fingerprint density at radius 2 is 2.12 bits per heavy atom. The first kappa shape index (κ1) is 14.0. The van der Waals surface area contributed by atoms with Gasteiger partial charge in [-0.15, -0.1) is 0 Å². The van der Waals surface area contributed by atoms with Crippen LogP contribution in [0.5, 0.6) is 0 Å². The first-order chi connectivity index (χ1) is 7.91. The summed E-state index contributed by atoms with van der Waals surface area (Å²) in [4.78, 5) is 11.5. The van der Waals surface area contributed by atoms with Gasteiger partial charge in [0.2, 0.25) is 5.91 Å². The number of primary amides is 1. The second-order valence-corrected chi connectivity index (χ2v) is 5.07. The summed E-state index contributed by atoms with van der Waals surface area (Å²) < 4.78 is 0. The van der Waals surface area contributed by atoms with E-state index in [9.17, 15) is 4.79 Å². The van der Waals surface area contributed by atoms with Gasteiger partial charge in [-0.1, -0.05) is 31.5 Å². The van der Waals surface area contributed by atoms with Gasteiger partial charge in [0.15, 0.2) is 0 Å². The number of halogens is 1. The molecule has 0 spiro atoms. The van der Waals surface area contributed by atoms with Crippen LogP contribution in [0.2, 0.25) is 5.02 Å². The third-order valence-electron chi connectivity index (χ3n) is 2.56. The van der Waals surface area contributed by atoms with Crippen LogP contribution in [-0.4, -0.2) is 12.5 Å². The quantitative estimate of drug-likeness (QED) is 0.848. The van der Waals surface area contributed by atoms with Gasteiger partial charge in [0, 0.05) is 5.02 Å². The zero-order valence-electron chi connectivity index (χ0n) is 10.5. The summed E-state index contributed by atoms with van der Waals surface area (Å²) in [5.41, 5.74) is 7.29. The number of aryl methyl sites for hydroxylation is 1. The van der Waals surface area contributed by atoms with Gasteiger partial charge in [0.1, 0.15) is 6.04 Å². The normalized spacial score (nSPS) is 12.8. The predicted octanol–water partition coefficient (Wildman–Crippen LogP) is 2.42. The number of carbonyl (C=O) groups is 1. The number of benzene rings is 1. The van der Waals surface area contributed by atoms with Crippen LogP contribution in [0.25, 0.3) is 0 Å². The Kier molecular flexibility index (Phi) is 4.97. The molecule has 0 fully saturated rings. The number of hydrogen-bond donors (Lipinski definition) is 2. The van der Waals surface area contributed by atoms with Gasteiger partial charge in [-0.05, 0) is 42.6 Å². The Morgan fingerprint density at radius 3 is 2.59 bits per heavy atom. The molecule has 0 bridgehead atoms. The Hall–Kier alpha value is -1.06. The van der Waals surface area contributed by atoms with E-state index in [-0.39, 0.29) is 5.91 Å². The van der Waals surface area contributed by atoms with Crippen molar-refractivity contribution in [2.75, 3.05) is 6.54 Å². The predicted molar refractivity (Wildman–Crippen MR) is 71.0 cm³/mol. The molecular weight excluding hydrogens is 236 g/mol. The lowest BCUT2D eigenvalue weighted by Gasteiger charge is -2.19. The fraction of sp³-hybridized carbons (Fsp3) is 0.462. The monoisotopic (exact) mass is 254 g/mol. The number of hydrogen-bond acceptors (Lipinski definition) is 2. The Morgan fingerprint density at radius 1 is 1.47 bits per heavy atom. The molecule has 0 aromatic heterocycles. The van der Waals surface area contributed by atoms with E-state index in [0.717, 1.165) is 17.7 Å². The van der Waals surface area contributed by atoms with Gasteiger partial charge < -0.3 is 11.1 Å². The number of rotatable bonds is 5. The van der Waals surface area contributed by atoms with Crippen LogP contribution in [0.1, 0.15) is 31.0 Å². The minimum absolute atomic E-state index is 0.365. The van der Waals surface area contributed by atoms with Crippen LogP contribution in [0.4, 0.5) is 0 Å². The first-order valence-corrected chi connectivity index (χ1v) is 6.08. The maximum absolute atomic E-state index is 11.5. The molecule has 0 saturated carbocycles. The highest BCUT2D eigenvalue weighted by Crippen LogP contribution is 2.21. The van der Waals surface area contributed by atoms with E-state index < -0.39 is 6.04 Å². The lowest BCUT2D eigenvalue weighted by molar-refractivity contribution is -0.120. The van der Waals surface area contributed by atoms with E-state index in [1.54, 1.807) is 6.07 Å². The largest absolute Gasteiger partial charge is 0.368 e. The summed E-state index contributed by atoms with van der Waals surface area (Å²) in [6, 6.07) is 5.01. The fourth-order valence-corrected chi connectivity index (χ4v) is 1.91. The zero-order chi connectivity index (χ0) is 13.0. The Labute approximate surface area is 107 Å². The second-order valence-electron chi connectivity index (χ2n) is 4.64. The fourth-order valence-electron chi connectivity index (χ4n) is 1.68. The summed E-state index contributed by atoms with van der Waals surface area (Å²) in [7, 11) is 0. The van der Waals surface area contributed by atoms with Crippen molar-refractivity contribution in [2.45, 2.75) is 26.8 Å². The summed E-state index contributed by atoms with van der Waals surface area (Å²) >= 11 is 5.89. The van der Waals surface area contributed by atoms with Gasteiger partial charge in [0.05, 0.1) is 0 Å². The Bertz CT molecular complexity index is 404. The van der Waals surface area contributed by atoms with Gasteiger partial charge in [-0.2, -0.15) is 0 Å². The first-order valence-electron chi connectivity index (χ1n) is 5.70. The number of nitrogens with one attached hydrogen (secondary N) is 1. The smallest absolute Gasteiger partial charge is 0.239 e. The maximum atomic E-state index is 11.5. The minimum Gasteiger partial charge on any atom is -0.368 e. The van der Waals surface area contributed by atoms with E-state index in [0.29, 0.717) is 10.9 Å². The molecule has 3 N–H and O–H groups in total. The summed E-state index contributed by atoms with van der Waals surface area (Å²) in [6.07, 6.45) is 0. The average molecular weight is 255 g/mol. The molecule has 0 radical (unpaired) electrons. The highest BCUT2D eigenvalue weighted by molar-refractivity contribution is 6.30. The van der Waals surface area contributed by atoms with Gasteiger partial charge in [-0.25, -0.2) is 0 Å². The molecule has 1 unspecified atom stereocenters. The van der Waals surface area contributed by atoms with Crippen molar-refractivity contribution in [3.05, 3.63) is 34.3 Å². The van der Waals surface area contributed by atoms with Gasteiger partial charge in [0.25, 0.3) is 0 Å². The molecule has 4 heteroatoms. The van der Waals surface area contributed by atoms with Gasteiger partial charge in [-0.3, -0.25) is 4.79 Å². The highest BCUT2D eigenvalue weighted by Gasteiger charge is 2.19. The maximum Gasteiger partial charge on any atom is 0.239 e. The summed E-state index contributed by atoms with van der Waals surface area (Å²) in [5, 5.41) is 3.84. The van der Waals surface area contributed by atoms with Crippen LogP contribution >= 0.6 is 11.6 Å². The second kappa shape index (κ2) is 6.03.